The van der Waals surface area contributed by atoms with Crippen molar-refractivity contribution in [3.05, 3.63) is 33.9 Å². The molecule has 1 aromatic rings. The van der Waals surface area contributed by atoms with Crippen LogP contribution in [0.3, 0.4) is 0 Å². The van der Waals surface area contributed by atoms with Crippen molar-refractivity contribution in [3.63, 3.8) is 0 Å². The Hall–Kier alpha value is -1.19. The van der Waals surface area contributed by atoms with Gasteiger partial charge in [0, 0.05) is 0 Å². The first-order valence-corrected chi connectivity index (χ1v) is 10.5. The summed E-state index contributed by atoms with van der Waals surface area (Å²) in [6.07, 6.45) is 1.90. The van der Waals surface area contributed by atoms with E-state index in [4.69, 9.17) is 15.6 Å². The third kappa shape index (κ3) is 4.42. The molecular weight excluding hydrogens is 415 g/mol. The minimum atomic E-state index is -2.88. The van der Waals surface area contributed by atoms with Crippen LogP contribution in [0.4, 0.5) is 0 Å². The molecule has 2 aliphatic heterocycles. The third-order valence-electron chi connectivity index (χ3n) is 3.59. The van der Waals surface area contributed by atoms with Crippen LogP contribution < -0.4 is 0 Å². The number of hydrogen-bond acceptors (Lipinski definition) is 6. The average molecular weight is 434 g/mol. The Labute approximate surface area is 142 Å². The van der Waals surface area contributed by atoms with Crippen molar-refractivity contribution in [2.45, 2.75) is 37.9 Å². The Bertz CT molecular complexity index is 507. The van der Waals surface area contributed by atoms with Gasteiger partial charge in [-0.3, -0.25) is 0 Å². The summed E-state index contributed by atoms with van der Waals surface area (Å²) in [6.45, 7) is 1.13. The monoisotopic (exact) mass is 434 g/mol. The van der Waals surface area contributed by atoms with Gasteiger partial charge in [-0.25, -0.2) is 0 Å². The van der Waals surface area contributed by atoms with Gasteiger partial charge in [0.05, 0.1) is 0 Å². The van der Waals surface area contributed by atoms with Gasteiger partial charge in [-0.05, 0) is 0 Å². The summed E-state index contributed by atoms with van der Waals surface area (Å²) in [4.78, 5) is 24.4. The number of ether oxygens (including phenoxy) is 2. The van der Waals surface area contributed by atoms with Crippen molar-refractivity contribution in [1.29, 1.82) is 0 Å². The Balaban J connectivity index is 1.68. The Kier molecular flexibility index (Phi) is 5.85. The average Bonchev–Trinajstić information content (AvgIpc) is 3.28. The normalized spacial score (nSPS) is 24.3. The van der Waals surface area contributed by atoms with Crippen LogP contribution in [0.15, 0.2) is 30.3 Å². The van der Waals surface area contributed by atoms with Gasteiger partial charge < -0.3 is 0 Å². The number of carbonyl (C=O) groups is 2. The van der Waals surface area contributed by atoms with E-state index in [9.17, 15) is 9.59 Å². The number of benzene rings is 1. The quantitative estimate of drug-likeness (QED) is 0.664. The molecule has 0 aliphatic carbocycles. The van der Waals surface area contributed by atoms with Gasteiger partial charge in [-0.1, -0.05) is 0 Å². The molecule has 3 rings (SSSR count). The van der Waals surface area contributed by atoms with Crippen LogP contribution in [0.1, 0.15) is 25.7 Å². The van der Waals surface area contributed by atoms with E-state index in [0.717, 1.165) is 16.4 Å². The molecule has 0 amide bonds. The molecule has 0 saturated carbocycles. The predicted octanol–water partition coefficient (Wildman–Crippen LogP) is 2.64. The van der Waals surface area contributed by atoms with Crippen molar-refractivity contribution in [2.24, 2.45) is 0 Å². The fourth-order valence-electron chi connectivity index (χ4n) is 2.39. The van der Waals surface area contributed by atoms with Crippen molar-refractivity contribution in [2.75, 3.05) is 13.2 Å². The van der Waals surface area contributed by atoms with Crippen molar-refractivity contribution in [3.8, 4) is 0 Å². The van der Waals surface area contributed by atoms with E-state index in [0.29, 0.717) is 26.1 Å². The van der Waals surface area contributed by atoms with Gasteiger partial charge in [0.15, 0.2) is 0 Å². The molecule has 6 nitrogen and oxygen atoms in total. The number of carbonyl (C=O) groups excluding carboxylic acids is 2. The molecule has 2 atom stereocenters. The summed E-state index contributed by atoms with van der Waals surface area (Å²) in [6, 6.07) is 9.16. The summed E-state index contributed by atoms with van der Waals surface area (Å²) < 4.78 is 22.5. The Morgan fingerprint density at radius 1 is 0.913 bits per heavy atom. The molecule has 2 heterocycles. The van der Waals surface area contributed by atoms with E-state index in [1.54, 1.807) is 0 Å². The first kappa shape index (κ1) is 16.7. The number of rotatable bonds is 5. The van der Waals surface area contributed by atoms with Crippen molar-refractivity contribution in [1.82, 2.24) is 0 Å². The molecule has 0 N–H and O–H groups in total. The van der Waals surface area contributed by atoms with Crippen molar-refractivity contribution < 1.29 is 25.2 Å². The second kappa shape index (κ2) is 8.07. The first-order valence-electron chi connectivity index (χ1n) is 7.67. The molecule has 2 fully saturated rings. The molecule has 2 saturated heterocycles. The first-order chi connectivity index (χ1) is 11.2. The topological polar surface area (TPSA) is 71.1 Å². The Morgan fingerprint density at radius 3 is 1.87 bits per heavy atom. The van der Waals surface area contributed by atoms with Gasteiger partial charge in [0.2, 0.25) is 0 Å². The number of halogens is 1. The van der Waals surface area contributed by atoms with Crippen LogP contribution in [0.2, 0.25) is 0 Å². The van der Waals surface area contributed by atoms with E-state index in [2.05, 4.69) is 0 Å². The maximum absolute atomic E-state index is 12.2. The van der Waals surface area contributed by atoms with Crippen LogP contribution >= 0.6 is 20.6 Å². The zero-order valence-corrected chi connectivity index (χ0v) is 14.8. The van der Waals surface area contributed by atoms with E-state index < -0.39 is 44.8 Å². The van der Waals surface area contributed by atoms with Crippen LogP contribution in [-0.4, -0.2) is 37.4 Å². The van der Waals surface area contributed by atoms with Gasteiger partial charge in [0.25, 0.3) is 0 Å². The van der Waals surface area contributed by atoms with Crippen LogP contribution in [0, 0.1) is 3.57 Å². The fraction of sp³-hybridized carbons (Fsp3) is 0.500. The molecule has 0 aromatic heterocycles. The van der Waals surface area contributed by atoms with E-state index in [1.807, 2.05) is 30.3 Å². The summed E-state index contributed by atoms with van der Waals surface area (Å²) in [5.74, 6) is -0.867. The molecule has 1 aromatic carbocycles. The summed E-state index contributed by atoms with van der Waals surface area (Å²) in [5.41, 5.74) is 0. The second-order valence-corrected chi connectivity index (χ2v) is 8.68. The molecule has 2 aliphatic rings. The summed E-state index contributed by atoms with van der Waals surface area (Å²) in [5, 5.41) is 0. The van der Waals surface area contributed by atoms with Gasteiger partial charge in [-0.2, -0.15) is 0 Å². The van der Waals surface area contributed by atoms with Gasteiger partial charge in [0.1, 0.15) is 0 Å². The van der Waals surface area contributed by atoms with E-state index in [1.165, 1.54) is 0 Å². The molecule has 23 heavy (non-hydrogen) atoms. The molecule has 0 spiro atoms. The molecular formula is C16H19IO6. The third-order valence-corrected chi connectivity index (χ3v) is 6.99. The van der Waals surface area contributed by atoms with Gasteiger partial charge in [-0.15, -0.1) is 0 Å². The SMILES string of the molecule is O=C(OI(OC(=O)C1CCCO1)c1ccccc1)C1CCCO1. The standard InChI is InChI=1S/C16H19IO6/c18-15(13-8-4-10-20-13)22-17(12-6-2-1-3-7-12)23-16(19)14-9-5-11-21-14/h1-3,6-7,13-14H,4-5,8-11H2. The Morgan fingerprint density at radius 2 is 1.43 bits per heavy atom. The maximum atomic E-state index is 12.2. The minimum absolute atomic E-state index is 0.434. The summed E-state index contributed by atoms with van der Waals surface area (Å²) in [7, 11) is 0. The molecule has 126 valence electrons. The summed E-state index contributed by atoms with van der Waals surface area (Å²) >= 11 is -2.88. The van der Waals surface area contributed by atoms with Crippen LogP contribution in [-0.2, 0) is 25.2 Å². The van der Waals surface area contributed by atoms with Gasteiger partial charge >= 0.3 is 143 Å². The van der Waals surface area contributed by atoms with Crippen LogP contribution in [0.5, 0.6) is 0 Å². The van der Waals surface area contributed by atoms with E-state index >= 15 is 0 Å². The molecule has 7 heteroatoms. The zero-order chi connectivity index (χ0) is 16.1. The second-order valence-electron chi connectivity index (χ2n) is 5.31. The zero-order valence-electron chi connectivity index (χ0n) is 12.6. The van der Waals surface area contributed by atoms with E-state index in [-0.39, 0.29) is 0 Å². The molecule has 0 bridgehead atoms. The van der Waals surface area contributed by atoms with Crippen molar-refractivity contribution >= 4 is 32.6 Å². The molecule has 2 unspecified atom stereocenters. The molecule has 0 radical (unpaired) electrons. The number of hydrogen-bond donors (Lipinski definition) is 0. The fourth-order valence-corrected chi connectivity index (χ4v) is 5.34. The predicted molar refractivity (Wildman–Crippen MR) is 89.3 cm³/mol. The van der Waals surface area contributed by atoms with Crippen LogP contribution in [0.25, 0.3) is 0 Å².